The molecule has 0 saturated carbocycles. The molecule has 3 aromatic rings. The van der Waals surface area contributed by atoms with E-state index in [0.717, 1.165) is 11.1 Å². The summed E-state index contributed by atoms with van der Waals surface area (Å²) < 4.78 is 10.0. The quantitative estimate of drug-likeness (QED) is 0.678. The molecule has 1 heterocycles. The van der Waals surface area contributed by atoms with Crippen LogP contribution in [0.15, 0.2) is 51.7 Å². The number of nitrogens with one attached hydrogen (secondary N) is 1. The maximum Gasteiger partial charge on any atom is 0.348 e. The first-order valence-electron chi connectivity index (χ1n) is 8.00. The van der Waals surface area contributed by atoms with Gasteiger partial charge in [-0.1, -0.05) is 24.3 Å². The lowest BCUT2D eigenvalue weighted by Gasteiger charge is -2.16. The smallest absolute Gasteiger partial charge is 0.348 e. The summed E-state index contributed by atoms with van der Waals surface area (Å²) in [6, 6.07) is 10.8. The maximum absolute atomic E-state index is 12.2. The zero-order chi connectivity index (χ0) is 18.7. The van der Waals surface area contributed by atoms with Crippen molar-refractivity contribution < 1.29 is 19.1 Å². The molecule has 0 saturated heterocycles. The van der Waals surface area contributed by atoms with E-state index in [4.69, 9.17) is 9.15 Å². The summed E-state index contributed by atoms with van der Waals surface area (Å²) in [5, 5.41) is 12.6. The number of para-hydroxylation sites is 1. The van der Waals surface area contributed by atoms with E-state index in [0.29, 0.717) is 10.9 Å². The highest BCUT2D eigenvalue weighted by Gasteiger charge is 2.22. The molecule has 7 heteroatoms. The summed E-state index contributed by atoms with van der Waals surface area (Å²) in [6.07, 6.45) is 0.268. The van der Waals surface area contributed by atoms with Gasteiger partial charge in [0, 0.05) is 6.42 Å². The van der Waals surface area contributed by atoms with Gasteiger partial charge in [0.1, 0.15) is 11.8 Å². The van der Waals surface area contributed by atoms with Crippen LogP contribution in [-0.4, -0.2) is 29.2 Å². The van der Waals surface area contributed by atoms with Crippen molar-refractivity contribution in [1.29, 1.82) is 0 Å². The monoisotopic (exact) mass is 354 g/mol. The van der Waals surface area contributed by atoms with Crippen molar-refractivity contribution in [3.05, 3.63) is 64.0 Å². The molecule has 2 aromatic carbocycles. The molecule has 0 amide bonds. The van der Waals surface area contributed by atoms with Crippen molar-refractivity contribution in [2.75, 3.05) is 12.4 Å². The predicted molar refractivity (Wildman–Crippen MR) is 96.3 cm³/mol. The summed E-state index contributed by atoms with van der Waals surface area (Å²) in [7, 11) is 1.28. The van der Waals surface area contributed by atoms with E-state index in [1.165, 1.54) is 19.2 Å². The third kappa shape index (κ3) is 3.66. The lowest BCUT2D eigenvalue weighted by molar-refractivity contribution is -0.141. The fourth-order valence-corrected chi connectivity index (χ4v) is 2.65. The third-order valence-electron chi connectivity index (χ3n) is 4.02. The Morgan fingerprint density at radius 2 is 2.00 bits per heavy atom. The lowest BCUT2D eigenvalue weighted by atomic mass is 10.1. The van der Waals surface area contributed by atoms with Gasteiger partial charge in [0.15, 0.2) is 0 Å². The highest BCUT2D eigenvalue weighted by molar-refractivity contribution is 5.82. The van der Waals surface area contributed by atoms with Crippen LogP contribution in [0.3, 0.4) is 0 Å². The van der Waals surface area contributed by atoms with Crippen LogP contribution < -0.4 is 10.9 Å². The number of phenolic OH excluding ortho intramolecular Hbond substituents is 1. The Morgan fingerprint density at radius 1 is 1.27 bits per heavy atom. The van der Waals surface area contributed by atoms with E-state index in [1.807, 2.05) is 13.0 Å². The molecule has 134 valence electrons. The number of rotatable bonds is 5. The highest BCUT2D eigenvalue weighted by Crippen LogP contribution is 2.17. The van der Waals surface area contributed by atoms with Gasteiger partial charge in [0.05, 0.1) is 18.0 Å². The Morgan fingerprint density at radius 3 is 2.69 bits per heavy atom. The molecule has 3 rings (SSSR count). The van der Waals surface area contributed by atoms with Crippen LogP contribution in [0.1, 0.15) is 11.1 Å². The van der Waals surface area contributed by atoms with Crippen LogP contribution in [0, 0.1) is 6.92 Å². The second-order valence-corrected chi connectivity index (χ2v) is 5.87. The molecule has 7 nitrogen and oxygen atoms in total. The largest absolute Gasteiger partial charge is 0.508 e. The van der Waals surface area contributed by atoms with E-state index >= 15 is 0 Å². The molecule has 1 atom stereocenters. The van der Waals surface area contributed by atoms with Crippen LogP contribution in [0.5, 0.6) is 5.75 Å². The van der Waals surface area contributed by atoms with Gasteiger partial charge in [-0.25, -0.2) is 9.59 Å². The summed E-state index contributed by atoms with van der Waals surface area (Å²) in [5.74, 6) is -0.388. The number of esters is 1. The van der Waals surface area contributed by atoms with Gasteiger partial charge < -0.3 is 19.6 Å². The lowest BCUT2D eigenvalue weighted by Crippen LogP contribution is -2.33. The second kappa shape index (κ2) is 7.26. The number of carbonyl (C=O) groups excluding carboxylic acids is 1. The Kier molecular flexibility index (Phi) is 4.88. The zero-order valence-corrected chi connectivity index (χ0v) is 14.4. The molecular formula is C19H18N2O5. The predicted octanol–water partition coefficient (Wildman–Crippen LogP) is 2.40. The molecule has 26 heavy (non-hydrogen) atoms. The number of ether oxygens (including phenoxy) is 1. The number of nitrogens with zero attached hydrogens (tertiary/aromatic N) is 1. The van der Waals surface area contributed by atoms with Crippen LogP contribution >= 0.6 is 0 Å². The Balaban J connectivity index is 1.92. The third-order valence-corrected chi connectivity index (χ3v) is 4.02. The average molecular weight is 354 g/mol. The molecule has 0 spiro atoms. The SMILES string of the molecule is COC(=O)[C@H](Cc1ccc(O)cc1)Nc1nc2c(C)cccc2c(=O)o1. The number of carbonyl (C=O) groups is 1. The second-order valence-electron chi connectivity index (χ2n) is 5.87. The van der Waals surface area contributed by atoms with Crippen LogP contribution in [0.4, 0.5) is 6.01 Å². The Labute approximate surface area is 149 Å². The molecular weight excluding hydrogens is 336 g/mol. The number of benzene rings is 2. The zero-order valence-electron chi connectivity index (χ0n) is 14.4. The van der Waals surface area contributed by atoms with Crippen molar-refractivity contribution in [2.24, 2.45) is 0 Å². The molecule has 0 aliphatic heterocycles. The van der Waals surface area contributed by atoms with Gasteiger partial charge in [-0.15, -0.1) is 0 Å². The minimum Gasteiger partial charge on any atom is -0.508 e. The van der Waals surface area contributed by atoms with Gasteiger partial charge in [-0.2, -0.15) is 4.98 Å². The molecule has 1 aromatic heterocycles. The number of aryl methyl sites for hydroxylation is 1. The molecule has 0 fully saturated rings. The van der Waals surface area contributed by atoms with Gasteiger partial charge in [-0.3, -0.25) is 0 Å². The fraction of sp³-hybridized carbons (Fsp3) is 0.211. The van der Waals surface area contributed by atoms with E-state index in [-0.39, 0.29) is 18.2 Å². The minimum absolute atomic E-state index is 0.0500. The van der Waals surface area contributed by atoms with E-state index < -0.39 is 17.6 Å². The molecule has 2 N–H and O–H groups in total. The highest BCUT2D eigenvalue weighted by atomic mass is 16.5. The van der Waals surface area contributed by atoms with Crippen molar-refractivity contribution >= 4 is 22.9 Å². The minimum atomic E-state index is -0.804. The summed E-state index contributed by atoms with van der Waals surface area (Å²) >= 11 is 0. The number of aromatic nitrogens is 1. The van der Waals surface area contributed by atoms with Gasteiger partial charge >= 0.3 is 11.6 Å². The number of hydrogen-bond acceptors (Lipinski definition) is 7. The normalized spacial score (nSPS) is 11.9. The number of methoxy groups -OCH3 is 1. The summed E-state index contributed by atoms with van der Waals surface area (Å²) in [5.41, 5.74) is 1.60. The van der Waals surface area contributed by atoms with Gasteiger partial charge in [-0.05, 0) is 36.2 Å². The number of hydrogen-bond donors (Lipinski definition) is 2. The first-order chi connectivity index (χ1) is 12.5. The Hall–Kier alpha value is -3.35. The van der Waals surface area contributed by atoms with Crippen molar-refractivity contribution in [3.8, 4) is 5.75 Å². The first kappa shape index (κ1) is 17.5. The number of aromatic hydroxyl groups is 1. The van der Waals surface area contributed by atoms with Crippen LogP contribution in [-0.2, 0) is 16.0 Å². The molecule has 0 aliphatic rings. The van der Waals surface area contributed by atoms with Gasteiger partial charge in [0.2, 0.25) is 0 Å². The van der Waals surface area contributed by atoms with E-state index in [2.05, 4.69) is 10.3 Å². The molecule has 0 radical (unpaired) electrons. The number of phenols is 1. The molecule has 0 unspecified atom stereocenters. The van der Waals surface area contributed by atoms with Crippen molar-refractivity contribution in [2.45, 2.75) is 19.4 Å². The van der Waals surface area contributed by atoms with E-state index in [1.54, 1.807) is 24.3 Å². The average Bonchev–Trinajstić information content (AvgIpc) is 2.63. The van der Waals surface area contributed by atoms with Crippen LogP contribution in [0.2, 0.25) is 0 Å². The van der Waals surface area contributed by atoms with Crippen molar-refractivity contribution in [3.63, 3.8) is 0 Å². The van der Waals surface area contributed by atoms with Crippen molar-refractivity contribution in [1.82, 2.24) is 4.98 Å². The summed E-state index contributed by atoms with van der Waals surface area (Å²) in [4.78, 5) is 28.6. The number of anilines is 1. The van der Waals surface area contributed by atoms with E-state index in [9.17, 15) is 14.7 Å². The number of fused-ring (bicyclic) bond motifs is 1. The standard InChI is InChI=1S/C19H18N2O5/c1-11-4-3-5-14-16(11)21-19(26-17(14)23)20-15(18(24)25-2)10-12-6-8-13(22)9-7-12/h3-9,15,22H,10H2,1-2H3,(H,20,21)/t15-/m0/s1. The first-order valence-corrected chi connectivity index (χ1v) is 8.00. The molecule has 0 bridgehead atoms. The Bertz CT molecular complexity index is 995. The molecule has 0 aliphatic carbocycles. The fourth-order valence-electron chi connectivity index (χ4n) is 2.65. The van der Waals surface area contributed by atoms with Crippen LogP contribution in [0.25, 0.3) is 10.9 Å². The summed E-state index contributed by atoms with van der Waals surface area (Å²) in [6.45, 7) is 1.84. The maximum atomic E-state index is 12.2. The van der Waals surface area contributed by atoms with Gasteiger partial charge in [0.25, 0.3) is 6.01 Å². The topological polar surface area (TPSA) is 102 Å².